The van der Waals surface area contributed by atoms with Gasteiger partial charge in [0.1, 0.15) is 5.75 Å². The Morgan fingerprint density at radius 3 is 3.00 bits per heavy atom. The molecule has 0 fully saturated rings. The first-order valence-corrected chi connectivity index (χ1v) is 5.78. The zero-order valence-electron chi connectivity index (χ0n) is 10.1. The van der Waals surface area contributed by atoms with Gasteiger partial charge in [-0.25, -0.2) is 5.43 Å². The molecule has 1 aromatic carbocycles. The van der Waals surface area contributed by atoms with E-state index in [1.807, 2.05) is 18.2 Å². The van der Waals surface area contributed by atoms with Gasteiger partial charge in [0.2, 0.25) is 5.91 Å². The number of benzene rings is 1. The third-order valence-electron chi connectivity index (χ3n) is 2.91. The number of fused-ring (bicyclic) bond motifs is 1. The fourth-order valence-electron chi connectivity index (χ4n) is 1.99. The monoisotopic (exact) mass is 232 g/mol. The number of nitrogens with zero attached hydrogens (tertiary/aromatic N) is 1. The van der Waals surface area contributed by atoms with Crippen LogP contribution in [0.4, 0.5) is 0 Å². The Bertz CT molecular complexity index is 466. The van der Waals surface area contributed by atoms with Gasteiger partial charge in [-0.3, -0.25) is 4.79 Å². The number of carbonyl (C=O) groups excluding carboxylic acids is 1. The average Bonchev–Trinajstić information content (AvgIpc) is 2.78. The number of carbonyl (C=O) groups is 1. The molecule has 0 atom stereocenters. The standard InChI is InChI=1S/C13H16N2O2/c1-3-13(16)15-14-11-8-7-10-9(11)5-4-6-12(10)17-2/h4-6H,3,7-8H2,1-2H3,(H,15,16). The second kappa shape index (κ2) is 4.99. The summed E-state index contributed by atoms with van der Waals surface area (Å²) in [6.07, 6.45) is 2.21. The Kier molecular flexibility index (Phi) is 3.42. The van der Waals surface area contributed by atoms with E-state index in [1.165, 1.54) is 5.56 Å². The van der Waals surface area contributed by atoms with Crippen LogP contribution in [0.1, 0.15) is 30.9 Å². The van der Waals surface area contributed by atoms with E-state index in [0.717, 1.165) is 29.9 Å². The lowest BCUT2D eigenvalue weighted by Crippen LogP contribution is -2.17. The van der Waals surface area contributed by atoms with Crippen molar-refractivity contribution in [2.75, 3.05) is 7.11 Å². The molecule has 0 bridgehead atoms. The van der Waals surface area contributed by atoms with E-state index < -0.39 is 0 Å². The first-order valence-electron chi connectivity index (χ1n) is 5.78. The largest absolute Gasteiger partial charge is 0.496 e. The van der Waals surface area contributed by atoms with Gasteiger partial charge in [-0.2, -0.15) is 5.10 Å². The van der Waals surface area contributed by atoms with Gasteiger partial charge in [-0.05, 0) is 18.9 Å². The fourth-order valence-corrected chi connectivity index (χ4v) is 1.99. The van der Waals surface area contributed by atoms with Crippen molar-refractivity contribution in [3.63, 3.8) is 0 Å². The van der Waals surface area contributed by atoms with Gasteiger partial charge in [0.05, 0.1) is 12.8 Å². The van der Waals surface area contributed by atoms with Gasteiger partial charge in [-0.1, -0.05) is 19.1 Å². The molecular formula is C13H16N2O2. The minimum atomic E-state index is -0.0613. The van der Waals surface area contributed by atoms with Crippen LogP contribution in [0.2, 0.25) is 0 Å². The van der Waals surface area contributed by atoms with Crippen LogP contribution >= 0.6 is 0 Å². The van der Waals surface area contributed by atoms with E-state index in [0.29, 0.717) is 6.42 Å². The Labute approximate surface area is 101 Å². The van der Waals surface area contributed by atoms with E-state index >= 15 is 0 Å². The summed E-state index contributed by atoms with van der Waals surface area (Å²) in [5.74, 6) is 0.836. The van der Waals surface area contributed by atoms with Crippen LogP contribution in [-0.4, -0.2) is 18.7 Å². The molecule has 4 heteroatoms. The van der Waals surface area contributed by atoms with Crippen molar-refractivity contribution in [1.29, 1.82) is 0 Å². The van der Waals surface area contributed by atoms with Crippen molar-refractivity contribution >= 4 is 11.6 Å². The van der Waals surface area contributed by atoms with Crippen molar-refractivity contribution in [3.8, 4) is 5.75 Å². The summed E-state index contributed by atoms with van der Waals surface area (Å²) in [6, 6.07) is 5.91. The lowest BCUT2D eigenvalue weighted by molar-refractivity contribution is -0.120. The highest BCUT2D eigenvalue weighted by Gasteiger charge is 2.21. The third kappa shape index (κ3) is 2.30. The molecule has 4 nitrogen and oxygen atoms in total. The van der Waals surface area contributed by atoms with Gasteiger partial charge < -0.3 is 4.74 Å². The van der Waals surface area contributed by atoms with E-state index in [1.54, 1.807) is 14.0 Å². The van der Waals surface area contributed by atoms with Gasteiger partial charge >= 0.3 is 0 Å². The molecule has 0 heterocycles. The van der Waals surface area contributed by atoms with Gasteiger partial charge in [-0.15, -0.1) is 0 Å². The Balaban J connectivity index is 2.25. The zero-order valence-corrected chi connectivity index (χ0v) is 10.1. The van der Waals surface area contributed by atoms with Gasteiger partial charge in [0, 0.05) is 17.5 Å². The predicted molar refractivity (Wildman–Crippen MR) is 66.3 cm³/mol. The molecule has 2 rings (SSSR count). The summed E-state index contributed by atoms with van der Waals surface area (Å²) >= 11 is 0. The zero-order chi connectivity index (χ0) is 12.3. The number of rotatable bonds is 3. The summed E-state index contributed by atoms with van der Waals surface area (Å²) in [6.45, 7) is 1.81. The number of methoxy groups -OCH3 is 1. The predicted octanol–water partition coefficient (Wildman–Crippen LogP) is 1.87. The first kappa shape index (κ1) is 11.6. The number of nitrogens with one attached hydrogen (secondary N) is 1. The molecule has 0 spiro atoms. The van der Waals surface area contributed by atoms with Crippen LogP contribution in [0, 0.1) is 0 Å². The van der Waals surface area contributed by atoms with Crippen LogP contribution in [0.3, 0.4) is 0 Å². The highest BCUT2D eigenvalue weighted by molar-refractivity contribution is 6.05. The summed E-state index contributed by atoms with van der Waals surface area (Å²) in [7, 11) is 1.67. The minimum Gasteiger partial charge on any atom is -0.496 e. The summed E-state index contributed by atoms with van der Waals surface area (Å²) in [4.78, 5) is 11.2. The van der Waals surface area contributed by atoms with E-state index in [9.17, 15) is 4.79 Å². The normalized spacial score (nSPS) is 15.8. The van der Waals surface area contributed by atoms with Crippen molar-refractivity contribution in [1.82, 2.24) is 5.43 Å². The highest BCUT2D eigenvalue weighted by Crippen LogP contribution is 2.30. The van der Waals surface area contributed by atoms with Crippen LogP contribution in [0.25, 0.3) is 0 Å². The number of hydrogen-bond donors (Lipinski definition) is 1. The molecule has 1 amide bonds. The molecule has 0 aliphatic heterocycles. The smallest absolute Gasteiger partial charge is 0.239 e. The van der Waals surface area contributed by atoms with Gasteiger partial charge in [0.25, 0.3) is 0 Å². The molecule has 0 unspecified atom stereocenters. The molecule has 1 aliphatic carbocycles. The minimum absolute atomic E-state index is 0.0613. The van der Waals surface area contributed by atoms with Crippen LogP contribution in [-0.2, 0) is 11.2 Å². The Hall–Kier alpha value is -1.84. The molecule has 0 radical (unpaired) electrons. The molecule has 0 saturated heterocycles. The van der Waals surface area contributed by atoms with Crippen molar-refractivity contribution in [2.45, 2.75) is 26.2 Å². The maximum Gasteiger partial charge on any atom is 0.239 e. The third-order valence-corrected chi connectivity index (χ3v) is 2.91. The first-order chi connectivity index (χ1) is 8.26. The average molecular weight is 232 g/mol. The van der Waals surface area contributed by atoms with Crippen molar-refractivity contribution < 1.29 is 9.53 Å². The number of hydrazone groups is 1. The maximum absolute atomic E-state index is 11.2. The van der Waals surface area contributed by atoms with Crippen LogP contribution < -0.4 is 10.2 Å². The SMILES string of the molecule is CCC(=O)NN=C1CCc2c(OC)cccc21. The summed E-state index contributed by atoms with van der Waals surface area (Å²) in [5, 5.41) is 4.17. The van der Waals surface area contributed by atoms with Crippen molar-refractivity contribution in [3.05, 3.63) is 29.3 Å². The van der Waals surface area contributed by atoms with Gasteiger partial charge in [0.15, 0.2) is 0 Å². The molecule has 0 saturated carbocycles. The van der Waals surface area contributed by atoms with Crippen LogP contribution in [0.15, 0.2) is 23.3 Å². The molecule has 0 aromatic heterocycles. The van der Waals surface area contributed by atoms with E-state index in [2.05, 4.69) is 10.5 Å². The number of amides is 1. The highest BCUT2D eigenvalue weighted by atomic mass is 16.5. The molecule has 1 aliphatic rings. The second-order valence-electron chi connectivity index (χ2n) is 3.93. The summed E-state index contributed by atoms with van der Waals surface area (Å²) in [5.41, 5.74) is 5.76. The lowest BCUT2D eigenvalue weighted by atomic mass is 10.1. The van der Waals surface area contributed by atoms with Crippen LogP contribution in [0.5, 0.6) is 5.75 Å². The molecule has 90 valence electrons. The number of ether oxygens (including phenoxy) is 1. The molecular weight excluding hydrogens is 216 g/mol. The Morgan fingerprint density at radius 2 is 2.29 bits per heavy atom. The quantitative estimate of drug-likeness (QED) is 0.809. The molecule has 17 heavy (non-hydrogen) atoms. The van der Waals surface area contributed by atoms with Crippen molar-refractivity contribution in [2.24, 2.45) is 5.10 Å². The lowest BCUT2D eigenvalue weighted by Gasteiger charge is -2.06. The molecule has 1 aromatic rings. The van der Waals surface area contributed by atoms with E-state index in [-0.39, 0.29) is 5.91 Å². The topological polar surface area (TPSA) is 50.7 Å². The fraction of sp³-hybridized carbons (Fsp3) is 0.385. The maximum atomic E-state index is 11.2. The second-order valence-corrected chi connectivity index (χ2v) is 3.93. The molecule has 1 N–H and O–H groups in total. The Morgan fingerprint density at radius 1 is 1.47 bits per heavy atom. The number of hydrogen-bond acceptors (Lipinski definition) is 3. The summed E-state index contributed by atoms with van der Waals surface area (Å²) < 4.78 is 5.31. The van der Waals surface area contributed by atoms with E-state index in [4.69, 9.17) is 4.74 Å².